The van der Waals surface area contributed by atoms with Crippen molar-refractivity contribution in [2.24, 2.45) is 0 Å². The van der Waals surface area contributed by atoms with Crippen LogP contribution < -0.4 is 5.32 Å². The summed E-state index contributed by atoms with van der Waals surface area (Å²) in [5, 5.41) is 12.8. The molecule has 64 valence electrons. The summed E-state index contributed by atoms with van der Waals surface area (Å²) in [6, 6.07) is 3.82. The molecule has 3 heteroatoms. The van der Waals surface area contributed by atoms with Gasteiger partial charge in [0.15, 0.2) is 0 Å². The van der Waals surface area contributed by atoms with E-state index in [0.717, 1.165) is 29.5 Å². The number of phenols is 1. The molecule has 0 aliphatic carbocycles. The van der Waals surface area contributed by atoms with Crippen molar-refractivity contribution in [1.29, 1.82) is 0 Å². The van der Waals surface area contributed by atoms with Crippen molar-refractivity contribution in [2.75, 3.05) is 6.54 Å². The molecule has 0 spiro atoms. The molecule has 1 aliphatic rings. The summed E-state index contributed by atoms with van der Waals surface area (Å²) in [7, 11) is 0. The Balaban J connectivity index is 2.53. The minimum atomic E-state index is 0.395. The van der Waals surface area contributed by atoms with Gasteiger partial charge in [0, 0.05) is 16.6 Å². The average molecular weight is 228 g/mol. The number of benzene rings is 1. The van der Waals surface area contributed by atoms with E-state index in [1.165, 1.54) is 5.56 Å². The van der Waals surface area contributed by atoms with Gasteiger partial charge in [-0.3, -0.25) is 0 Å². The van der Waals surface area contributed by atoms with Crippen molar-refractivity contribution in [1.82, 2.24) is 5.32 Å². The highest BCUT2D eigenvalue weighted by atomic mass is 79.9. The van der Waals surface area contributed by atoms with Crippen LogP contribution in [0.15, 0.2) is 16.6 Å². The van der Waals surface area contributed by atoms with Gasteiger partial charge < -0.3 is 10.4 Å². The van der Waals surface area contributed by atoms with E-state index < -0.39 is 0 Å². The molecule has 2 N–H and O–H groups in total. The molecule has 0 fully saturated rings. The first kappa shape index (κ1) is 8.08. The smallest absolute Gasteiger partial charge is 0.121 e. The maximum atomic E-state index is 9.57. The number of hydrogen-bond donors (Lipinski definition) is 2. The van der Waals surface area contributed by atoms with Gasteiger partial charge in [0.25, 0.3) is 0 Å². The number of nitrogens with one attached hydrogen (secondary N) is 1. The Kier molecular flexibility index (Phi) is 2.07. The van der Waals surface area contributed by atoms with Crippen molar-refractivity contribution >= 4 is 15.9 Å². The maximum absolute atomic E-state index is 9.57. The van der Waals surface area contributed by atoms with Crippen LogP contribution in [0.1, 0.15) is 11.1 Å². The molecular formula is C9H10BrNO. The lowest BCUT2D eigenvalue weighted by Gasteiger charge is -2.18. The summed E-state index contributed by atoms with van der Waals surface area (Å²) >= 11 is 3.36. The zero-order valence-electron chi connectivity index (χ0n) is 6.60. The Hall–Kier alpha value is -0.540. The number of aromatic hydroxyl groups is 1. The fourth-order valence-corrected chi connectivity index (χ4v) is 2.03. The lowest BCUT2D eigenvalue weighted by Crippen LogP contribution is -2.23. The summed E-state index contributed by atoms with van der Waals surface area (Å²) in [6.45, 7) is 1.79. The maximum Gasteiger partial charge on any atom is 0.121 e. The van der Waals surface area contributed by atoms with Gasteiger partial charge in [-0.05, 0) is 30.7 Å². The molecule has 0 bridgehead atoms. The molecule has 0 amide bonds. The van der Waals surface area contributed by atoms with Crippen LogP contribution in [-0.2, 0) is 13.0 Å². The summed E-state index contributed by atoms with van der Waals surface area (Å²) in [5.74, 6) is 0.395. The number of fused-ring (bicyclic) bond motifs is 1. The van der Waals surface area contributed by atoms with E-state index >= 15 is 0 Å². The molecule has 0 saturated carbocycles. The third kappa shape index (κ3) is 1.34. The van der Waals surface area contributed by atoms with Crippen LogP contribution >= 0.6 is 15.9 Å². The average Bonchev–Trinajstić information content (AvgIpc) is 2.04. The number of phenolic OH excluding ortho intramolecular Hbond substituents is 1. The molecule has 1 aliphatic heterocycles. The van der Waals surface area contributed by atoms with E-state index in [1.807, 2.05) is 0 Å². The van der Waals surface area contributed by atoms with Crippen molar-refractivity contribution in [3.63, 3.8) is 0 Å². The van der Waals surface area contributed by atoms with Gasteiger partial charge in [0.2, 0.25) is 0 Å². The van der Waals surface area contributed by atoms with Gasteiger partial charge in [0.05, 0.1) is 0 Å². The Morgan fingerprint density at radius 3 is 3.08 bits per heavy atom. The number of rotatable bonds is 0. The molecule has 0 saturated heterocycles. The van der Waals surface area contributed by atoms with Crippen LogP contribution in [0.25, 0.3) is 0 Å². The van der Waals surface area contributed by atoms with Crippen LogP contribution in [0.5, 0.6) is 5.75 Å². The fraction of sp³-hybridized carbons (Fsp3) is 0.333. The SMILES string of the molecule is Oc1cc(Br)cc2c1CNCC2. The highest BCUT2D eigenvalue weighted by Gasteiger charge is 2.12. The molecule has 0 aromatic heterocycles. The monoisotopic (exact) mass is 227 g/mol. The Labute approximate surface area is 79.7 Å². The summed E-state index contributed by atoms with van der Waals surface area (Å²) < 4.78 is 0.959. The highest BCUT2D eigenvalue weighted by molar-refractivity contribution is 9.10. The fourth-order valence-electron chi connectivity index (χ4n) is 1.54. The van der Waals surface area contributed by atoms with Crippen LogP contribution in [0.3, 0.4) is 0 Å². The molecule has 12 heavy (non-hydrogen) atoms. The van der Waals surface area contributed by atoms with E-state index in [-0.39, 0.29) is 0 Å². The van der Waals surface area contributed by atoms with E-state index in [0.29, 0.717) is 5.75 Å². The topological polar surface area (TPSA) is 32.3 Å². The van der Waals surface area contributed by atoms with E-state index in [9.17, 15) is 5.11 Å². The van der Waals surface area contributed by atoms with E-state index in [1.54, 1.807) is 6.07 Å². The molecule has 0 unspecified atom stereocenters. The second kappa shape index (κ2) is 3.07. The van der Waals surface area contributed by atoms with Crippen LogP contribution in [-0.4, -0.2) is 11.7 Å². The van der Waals surface area contributed by atoms with Crippen LogP contribution in [0.4, 0.5) is 0 Å². The lowest BCUT2D eigenvalue weighted by molar-refractivity contribution is 0.458. The van der Waals surface area contributed by atoms with Crippen molar-refractivity contribution in [3.05, 3.63) is 27.7 Å². The Bertz CT molecular complexity index is 312. The van der Waals surface area contributed by atoms with E-state index in [4.69, 9.17) is 0 Å². The van der Waals surface area contributed by atoms with Gasteiger partial charge in [-0.15, -0.1) is 0 Å². The van der Waals surface area contributed by atoms with Gasteiger partial charge >= 0.3 is 0 Å². The summed E-state index contributed by atoms with van der Waals surface area (Å²) in [6.07, 6.45) is 1.00. The normalized spacial score (nSPS) is 15.8. The van der Waals surface area contributed by atoms with Gasteiger partial charge in [0.1, 0.15) is 5.75 Å². The zero-order chi connectivity index (χ0) is 8.55. The third-order valence-electron chi connectivity index (χ3n) is 2.16. The summed E-state index contributed by atoms with van der Waals surface area (Å²) in [5.41, 5.74) is 2.30. The number of hydrogen-bond acceptors (Lipinski definition) is 2. The molecule has 2 rings (SSSR count). The second-order valence-corrected chi connectivity index (χ2v) is 3.91. The first-order valence-electron chi connectivity index (χ1n) is 3.98. The molecule has 1 aromatic carbocycles. The van der Waals surface area contributed by atoms with Gasteiger partial charge in [-0.2, -0.15) is 0 Å². The molecule has 0 radical (unpaired) electrons. The molecular weight excluding hydrogens is 218 g/mol. The van der Waals surface area contributed by atoms with Gasteiger partial charge in [-0.1, -0.05) is 15.9 Å². The van der Waals surface area contributed by atoms with Crippen molar-refractivity contribution in [2.45, 2.75) is 13.0 Å². The third-order valence-corrected chi connectivity index (χ3v) is 2.61. The standard InChI is InChI=1S/C9H10BrNO/c10-7-3-6-1-2-11-5-8(6)9(12)4-7/h3-4,11-12H,1-2,5H2. The quantitative estimate of drug-likeness (QED) is 0.709. The lowest BCUT2D eigenvalue weighted by atomic mass is 10.0. The zero-order valence-corrected chi connectivity index (χ0v) is 8.19. The van der Waals surface area contributed by atoms with Crippen LogP contribution in [0, 0.1) is 0 Å². The van der Waals surface area contributed by atoms with Crippen molar-refractivity contribution in [3.8, 4) is 5.75 Å². The van der Waals surface area contributed by atoms with E-state index in [2.05, 4.69) is 27.3 Å². The first-order chi connectivity index (χ1) is 5.77. The highest BCUT2D eigenvalue weighted by Crippen LogP contribution is 2.28. The largest absolute Gasteiger partial charge is 0.508 e. The van der Waals surface area contributed by atoms with Crippen molar-refractivity contribution < 1.29 is 5.11 Å². The number of halogens is 1. The Morgan fingerprint density at radius 1 is 1.42 bits per heavy atom. The van der Waals surface area contributed by atoms with Crippen LogP contribution in [0.2, 0.25) is 0 Å². The minimum absolute atomic E-state index is 0.395. The summed E-state index contributed by atoms with van der Waals surface area (Å²) in [4.78, 5) is 0. The Morgan fingerprint density at radius 2 is 2.25 bits per heavy atom. The molecule has 0 atom stereocenters. The minimum Gasteiger partial charge on any atom is -0.508 e. The van der Waals surface area contributed by atoms with Gasteiger partial charge in [-0.25, -0.2) is 0 Å². The molecule has 2 nitrogen and oxygen atoms in total. The molecule has 1 heterocycles. The molecule has 1 aromatic rings. The first-order valence-corrected chi connectivity index (χ1v) is 4.77. The predicted molar refractivity (Wildman–Crippen MR) is 51.2 cm³/mol. The predicted octanol–water partition coefficient (Wildman–Crippen LogP) is 1.80. The second-order valence-electron chi connectivity index (χ2n) is 2.99.